The Labute approximate surface area is 172 Å². The first-order chi connectivity index (χ1) is 14.0. The van der Waals surface area contributed by atoms with E-state index in [1.54, 1.807) is 0 Å². The first-order valence-electron chi connectivity index (χ1n) is 9.31. The topological polar surface area (TPSA) is 115 Å². The van der Waals surface area contributed by atoms with Gasteiger partial charge in [-0.15, -0.1) is 10.2 Å². The molecule has 1 fully saturated rings. The minimum absolute atomic E-state index is 0.114. The van der Waals surface area contributed by atoms with Crippen LogP contribution in [0.15, 0.2) is 35.5 Å². The van der Waals surface area contributed by atoms with E-state index in [0.29, 0.717) is 22.5 Å². The minimum Gasteiger partial charge on any atom is -0.336 e. The first-order valence-corrected chi connectivity index (χ1v) is 10.3. The van der Waals surface area contributed by atoms with Crippen LogP contribution in [0.4, 0.5) is 5.82 Å². The molecule has 2 aromatic heterocycles. The van der Waals surface area contributed by atoms with Crippen molar-refractivity contribution in [2.24, 2.45) is 0 Å². The second kappa shape index (κ2) is 7.64. The average Bonchev–Trinajstić information content (AvgIpc) is 3.45. The summed E-state index contributed by atoms with van der Waals surface area (Å²) in [4.78, 5) is 12.7. The lowest BCUT2D eigenvalue weighted by Gasteiger charge is -2.13. The zero-order chi connectivity index (χ0) is 20.5. The number of amides is 1. The maximum atomic E-state index is 12.7. The number of rotatable bonds is 6. The van der Waals surface area contributed by atoms with Gasteiger partial charge in [0.2, 0.25) is 11.1 Å². The third-order valence-electron chi connectivity index (χ3n) is 5.06. The van der Waals surface area contributed by atoms with Gasteiger partial charge in [-0.2, -0.15) is 5.26 Å². The quantitative estimate of drug-likeness (QED) is 0.480. The number of nitrogen functional groups attached to an aromatic ring is 1. The summed E-state index contributed by atoms with van der Waals surface area (Å²) in [5.41, 5.74) is 3.10. The number of benzene rings is 1. The Kier molecular flexibility index (Phi) is 5.03. The molecule has 148 valence electrons. The van der Waals surface area contributed by atoms with Gasteiger partial charge in [0.05, 0.1) is 11.3 Å². The highest BCUT2D eigenvalue weighted by Gasteiger charge is 2.30. The van der Waals surface area contributed by atoms with E-state index in [9.17, 15) is 10.1 Å². The fourth-order valence-corrected chi connectivity index (χ4v) is 3.93. The molecule has 9 heteroatoms. The third-order valence-corrected chi connectivity index (χ3v) is 6.01. The van der Waals surface area contributed by atoms with Gasteiger partial charge in [0.15, 0.2) is 5.82 Å². The molecule has 0 saturated heterocycles. The predicted octanol–water partition coefficient (Wildman–Crippen LogP) is 2.88. The number of para-hydroxylation sites is 1. The molecule has 3 N–H and O–H groups in total. The summed E-state index contributed by atoms with van der Waals surface area (Å²) >= 11 is 1.23. The molecule has 29 heavy (non-hydrogen) atoms. The number of hydrogen-bond donors (Lipinski definition) is 2. The molecule has 8 nitrogen and oxygen atoms in total. The highest BCUT2D eigenvalue weighted by Crippen LogP contribution is 2.39. The second-order valence-electron chi connectivity index (χ2n) is 7.04. The minimum atomic E-state index is -0.239. The van der Waals surface area contributed by atoms with Gasteiger partial charge < -0.3 is 11.2 Å². The SMILES string of the molecule is Cc1c(C#N)c(NC(=O)CSc2nnc(C3CC3)n2N)n(-c2ccccc2)c1C. The molecule has 1 aromatic carbocycles. The highest BCUT2D eigenvalue weighted by atomic mass is 32.2. The number of anilines is 1. The summed E-state index contributed by atoms with van der Waals surface area (Å²) < 4.78 is 3.37. The molecule has 0 unspecified atom stereocenters. The first kappa shape index (κ1) is 19.1. The maximum absolute atomic E-state index is 12.7. The number of hydrogen-bond acceptors (Lipinski definition) is 6. The normalized spacial score (nSPS) is 13.3. The largest absolute Gasteiger partial charge is 0.336 e. The maximum Gasteiger partial charge on any atom is 0.236 e. The lowest BCUT2D eigenvalue weighted by Crippen LogP contribution is -2.19. The molecule has 1 aliphatic rings. The number of nitrogens with zero attached hydrogens (tertiary/aromatic N) is 5. The predicted molar refractivity (Wildman–Crippen MR) is 111 cm³/mol. The average molecular weight is 408 g/mol. The molecule has 1 amide bonds. The van der Waals surface area contributed by atoms with Crippen LogP contribution in [0, 0.1) is 25.2 Å². The second-order valence-corrected chi connectivity index (χ2v) is 7.98. The van der Waals surface area contributed by atoms with Crippen LogP contribution in [0.1, 0.15) is 41.4 Å². The number of nitrogens with two attached hydrogens (primary N) is 1. The third kappa shape index (κ3) is 3.59. The number of carbonyl (C=O) groups is 1. The Morgan fingerprint density at radius 1 is 1.31 bits per heavy atom. The van der Waals surface area contributed by atoms with Crippen molar-refractivity contribution in [3.8, 4) is 11.8 Å². The van der Waals surface area contributed by atoms with Crippen LogP contribution >= 0.6 is 11.8 Å². The van der Waals surface area contributed by atoms with Gasteiger partial charge in [-0.05, 0) is 44.4 Å². The molecule has 1 saturated carbocycles. The number of carbonyl (C=O) groups excluding carboxylic acids is 1. The molecule has 3 aromatic rings. The van der Waals surface area contributed by atoms with Gasteiger partial charge in [0.25, 0.3) is 0 Å². The molecule has 0 spiro atoms. The fourth-order valence-electron chi connectivity index (χ4n) is 3.27. The lowest BCUT2D eigenvalue weighted by molar-refractivity contribution is -0.113. The molecule has 1 aliphatic carbocycles. The van der Waals surface area contributed by atoms with Crippen molar-refractivity contribution in [1.29, 1.82) is 5.26 Å². The van der Waals surface area contributed by atoms with Gasteiger partial charge in [0, 0.05) is 17.3 Å². The summed E-state index contributed by atoms with van der Waals surface area (Å²) in [5.74, 6) is 7.55. The van der Waals surface area contributed by atoms with Crippen molar-refractivity contribution in [2.45, 2.75) is 37.8 Å². The van der Waals surface area contributed by atoms with Crippen LogP contribution in [0.5, 0.6) is 0 Å². The van der Waals surface area contributed by atoms with Crippen LogP contribution in [0.25, 0.3) is 5.69 Å². The van der Waals surface area contributed by atoms with Crippen molar-refractivity contribution < 1.29 is 4.79 Å². The number of nitrogens with one attached hydrogen (secondary N) is 1. The molecule has 2 heterocycles. The summed E-state index contributed by atoms with van der Waals surface area (Å²) in [7, 11) is 0. The van der Waals surface area contributed by atoms with E-state index in [1.165, 1.54) is 16.4 Å². The molecule has 0 bridgehead atoms. The van der Waals surface area contributed by atoms with E-state index in [-0.39, 0.29) is 11.7 Å². The van der Waals surface area contributed by atoms with Crippen molar-refractivity contribution in [2.75, 3.05) is 16.9 Å². The summed E-state index contributed by atoms with van der Waals surface area (Å²) in [6, 6.07) is 11.9. The Balaban J connectivity index is 1.55. The molecule has 0 aliphatic heterocycles. The van der Waals surface area contributed by atoms with Gasteiger partial charge in [-0.3, -0.25) is 9.36 Å². The molecular weight excluding hydrogens is 386 g/mol. The van der Waals surface area contributed by atoms with E-state index < -0.39 is 0 Å². The van der Waals surface area contributed by atoms with Crippen LogP contribution in [0.2, 0.25) is 0 Å². The molecule has 4 rings (SSSR count). The van der Waals surface area contributed by atoms with Crippen molar-refractivity contribution >= 4 is 23.5 Å². The van der Waals surface area contributed by atoms with Crippen LogP contribution in [0.3, 0.4) is 0 Å². The zero-order valence-corrected chi connectivity index (χ0v) is 17.0. The van der Waals surface area contributed by atoms with E-state index in [0.717, 1.165) is 35.6 Å². The molecular formula is C20H21N7OS. The molecule has 0 radical (unpaired) electrons. The van der Waals surface area contributed by atoms with E-state index in [2.05, 4.69) is 21.6 Å². The van der Waals surface area contributed by atoms with Gasteiger partial charge >= 0.3 is 0 Å². The van der Waals surface area contributed by atoms with E-state index in [4.69, 9.17) is 5.84 Å². The lowest BCUT2D eigenvalue weighted by atomic mass is 10.2. The summed E-state index contributed by atoms with van der Waals surface area (Å²) in [6.07, 6.45) is 2.15. The Morgan fingerprint density at radius 3 is 2.69 bits per heavy atom. The van der Waals surface area contributed by atoms with Crippen molar-refractivity contribution in [3.05, 3.63) is 53.0 Å². The Bertz CT molecular complexity index is 1110. The Morgan fingerprint density at radius 2 is 2.03 bits per heavy atom. The zero-order valence-electron chi connectivity index (χ0n) is 16.2. The number of nitriles is 1. The Hall–Kier alpha value is -3.25. The van der Waals surface area contributed by atoms with Crippen molar-refractivity contribution in [1.82, 2.24) is 19.4 Å². The highest BCUT2D eigenvalue weighted by molar-refractivity contribution is 7.99. The van der Waals surface area contributed by atoms with E-state index in [1.807, 2.05) is 48.7 Å². The van der Waals surface area contributed by atoms with E-state index >= 15 is 0 Å². The monoisotopic (exact) mass is 407 g/mol. The smallest absolute Gasteiger partial charge is 0.236 e. The number of thioether (sulfide) groups is 1. The van der Waals surface area contributed by atoms with Crippen LogP contribution in [-0.2, 0) is 4.79 Å². The fraction of sp³-hybridized carbons (Fsp3) is 0.300. The number of aromatic nitrogens is 4. The van der Waals surface area contributed by atoms with Gasteiger partial charge in [-0.1, -0.05) is 30.0 Å². The van der Waals surface area contributed by atoms with Gasteiger partial charge in [-0.25, -0.2) is 4.68 Å². The van der Waals surface area contributed by atoms with Crippen LogP contribution in [-0.4, -0.2) is 31.1 Å². The van der Waals surface area contributed by atoms with Gasteiger partial charge in [0.1, 0.15) is 11.9 Å². The summed E-state index contributed by atoms with van der Waals surface area (Å²) in [5, 5.41) is 21.3. The standard InChI is InChI=1S/C20H21N7OS/c1-12-13(2)26(15-6-4-3-5-7-15)19(16(12)10-21)23-17(28)11-29-20-25-24-18(27(20)22)14-8-9-14/h3-7,14H,8-9,11,22H2,1-2H3,(H,23,28). The molecule has 0 atom stereocenters. The van der Waals surface area contributed by atoms with Crippen molar-refractivity contribution in [3.63, 3.8) is 0 Å². The van der Waals surface area contributed by atoms with Crippen LogP contribution < -0.4 is 11.2 Å². The summed E-state index contributed by atoms with van der Waals surface area (Å²) in [6.45, 7) is 3.82.